The molecule has 0 unspecified atom stereocenters. The molecule has 0 saturated heterocycles. The Bertz CT molecular complexity index is 299. The van der Waals surface area contributed by atoms with Crippen LogP contribution in [0.2, 0.25) is 0 Å². The third kappa shape index (κ3) is 11.4. The summed E-state index contributed by atoms with van der Waals surface area (Å²) in [5.74, 6) is 4.34. The third-order valence-electron chi connectivity index (χ3n) is 5.11. The van der Waals surface area contributed by atoms with Gasteiger partial charge >= 0.3 is 0 Å². The predicted molar refractivity (Wildman–Crippen MR) is 110 cm³/mol. The molecule has 0 rings (SSSR count). The van der Waals surface area contributed by atoms with Gasteiger partial charge in [-0.1, -0.05) is 83.1 Å². The molecule has 22 heavy (non-hydrogen) atoms. The molecule has 0 aliphatic heterocycles. The van der Waals surface area contributed by atoms with Gasteiger partial charge in [-0.15, -0.1) is 0 Å². The van der Waals surface area contributed by atoms with Crippen LogP contribution >= 0.6 is 10.0 Å². The van der Waals surface area contributed by atoms with E-state index in [2.05, 4.69) is 40.2 Å². The van der Waals surface area contributed by atoms with Crippen molar-refractivity contribution in [2.24, 2.45) is 0 Å². The molecular formula is C21H42S. The molecule has 0 aliphatic carbocycles. The van der Waals surface area contributed by atoms with E-state index in [0.29, 0.717) is 0 Å². The van der Waals surface area contributed by atoms with Crippen LogP contribution in [0.5, 0.6) is 0 Å². The molecule has 0 atom stereocenters. The van der Waals surface area contributed by atoms with E-state index in [0.717, 1.165) is 12.0 Å². The molecule has 0 fully saturated rings. The van der Waals surface area contributed by atoms with Gasteiger partial charge in [0.15, 0.2) is 0 Å². The first-order valence-electron chi connectivity index (χ1n) is 9.50. The summed E-state index contributed by atoms with van der Waals surface area (Å²) in [5.41, 5.74) is 2.40. The first-order valence-corrected chi connectivity index (χ1v) is 12.0. The normalized spacial score (nSPS) is 12.4. The fraction of sp³-hybridized carbons (Fsp3) is 0.810. The summed E-state index contributed by atoms with van der Waals surface area (Å²) in [7, 11) is -0.249. The SMILES string of the molecule is C=C(C)C(=C)CCCCCCCCCCCS(C)(CC)CC. The minimum Gasteiger partial charge on any atom is -0.244 e. The number of hydrogen-bond acceptors (Lipinski definition) is 0. The third-order valence-corrected chi connectivity index (χ3v) is 9.18. The van der Waals surface area contributed by atoms with E-state index >= 15 is 0 Å². The first kappa shape index (κ1) is 21.8. The Balaban J connectivity index is 3.31. The predicted octanol–water partition coefficient (Wildman–Crippen LogP) is 7.49. The average molecular weight is 327 g/mol. The second-order valence-corrected chi connectivity index (χ2v) is 11.6. The zero-order chi connectivity index (χ0) is 16.8. The molecule has 0 amide bonds. The van der Waals surface area contributed by atoms with Crippen molar-refractivity contribution in [3.63, 3.8) is 0 Å². The highest BCUT2D eigenvalue weighted by molar-refractivity contribution is 8.33. The van der Waals surface area contributed by atoms with Gasteiger partial charge in [-0.3, -0.25) is 0 Å². The maximum Gasteiger partial charge on any atom is -0.0230 e. The summed E-state index contributed by atoms with van der Waals surface area (Å²) < 4.78 is 0. The fourth-order valence-electron chi connectivity index (χ4n) is 2.73. The Morgan fingerprint density at radius 2 is 1.14 bits per heavy atom. The van der Waals surface area contributed by atoms with Gasteiger partial charge in [-0.2, -0.15) is 0 Å². The van der Waals surface area contributed by atoms with E-state index < -0.39 is 0 Å². The van der Waals surface area contributed by atoms with Crippen molar-refractivity contribution in [3.8, 4) is 0 Å². The van der Waals surface area contributed by atoms with Crippen LogP contribution in [-0.4, -0.2) is 23.5 Å². The van der Waals surface area contributed by atoms with Crippen LogP contribution in [0.1, 0.15) is 85.0 Å². The molecule has 0 radical (unpaired) electrons. The van der Waals surface area contributed by atoms with Gasteiger partial charge in [0.2, 0.25) is 0 Å². The quantitative estimate of drug-likeness (QED) is 0.216. The summed E-state index contributed by atoms with van der Waals surface area (Å²) in [6.07, 6.45) is 16.4. The van der Waals surface area contributed by atoms with E-state index in [-0.39, 0.29) is 10.0 Å². The van der Waals surface area contributed by atoms with Crippen molar-refractivity contribution in [3.05, 3.63) is 24.3 Å². The van der Waals surface area contributed by atoms with Gasteiger partial charge in [0.1, 0.15) is 0 Å². The van der Waals surface area contributed by atoms with Crippen molar-refractivity contribution in [2.75, 3.05) is 23.5 Å². The largest absolute Gasteiger partial charge is 0.244 e. The topological polar surface area (TPSA) is 0 Å². The molecule has 0 N–H and O–H groups in total. The van der Waals surface area contributed by atoms with Crippen molar-refractivity contribution < 1.29 is 0 Å². The zero-order valence-electron chi connectivity index (χ0n) is 16.0. The molecule has 0 aromatic carbocycles. The Hall–Kier alpha value is -0.170. The molecule has 0 aliphatic rings. The number of unbranched alkanes of at least 4 members (excludes halogenated alkanes) is 8. The molecule has 0 heterocycles. The Labute approximate surface area is 143 Å². The van der Waals surface area contributed by atoms with E-state index in [4.69, 9.17) is 0 Å². The maximum atomic E-state index is 4.06. The summed E-state index contributed by atoms with van der Waals surface area (Å²) in [4.78, 5) is 0. The van der Waals surface area contributed by atoms with Crippen LogP contribution in [-0.2, 0) is 0 Å². The summed E-state index contributed by atoms with van der Waals surface area (Å²) in [6.45, 7) is 14.8. The van der Waals surface area contributed by atoms with Crippen LogP contribution in [0, 0.1) is 0 Å². The van der Waals surface area contributed by atoms with Gasteiger partial charge in [-0.25, -0.2) is 10.0 Å². The van der Waals surface area contributed by atoms with E-state index in [1.54, 1.807) is 0 Å². The Kier molecular flexibility index (Phi) is 13.2. The summed E-state index contributed by atoms with van der Waals surface area (Å²) in [5, 5.41) is 0. The number of rotatable bonds is 15. The summed E-state index contributed by atoms with van der Waals surface area (Å²) in [6, 6.07) is 0. The average Bonchev–Trinajstić information content (AvgIpc) is 2.51. The minimum atomic E-state index is -0.249. The second-order valence-electron chi connectivity index (χ2n) is 7.08. The smallest absolute Gasteiger partial charge is 0.0230 e. The monoisotopic (exact) mass is 326 g/mol. The van der Waals surface area contributed by atoms with Crippen molar-refractivity contribution in [1.82, 2.24) is 0 Å². The lowest BCUT2D eigenvalue weighted by atomic mass is 10.0. The molecule has 0 spiro atoms. The molecule has 0 bridgehead atoms. The van der Waals surface area contributed by atoms with Crippen LogP contribution in [0.15, 0.2) is 24.3 Å². The Morgan fingerprint density at radius 3 is 1.55 bits per heavy atom. The summed E-state index contributed by atoms with van der Waals surface area (Å²) >= 11 is 0. The lowest BCUT2D eigenvalue weighted by Gasteiger charge is -2.33. The highest BCUT2D eigenvalue weighted by atomic mass is 32.3. The molecule has 0 aromatic heterocycles. The molecule has 0 saturated carbocycles. The van der Waals surface area contributed by atoms with E-state index in [1.807, 2.05) is 0 Å². The minimum absolute atomic E-state index is 0.249. The highest BCUT2D eigenvalue weighted by Gasteiger charge is 2.11. The van der Waals surface area contributed by atoms with Gasteiger partial charge < -0.3 is 0 Å². The van der Waals surface area contributed by atoms with Gasteiger partial charge in [0.25, 0.3) is 0 Å². The zero-order valence-corrected chi connectivity index (χ0v) is 16.8. The van der Waals surface area contributed by atoms with Gasteiger partial charge in [-0.05, 0) is 49.7 Å². The molecule has 0 aromatic rings. The van der Waals surface area contributed by atoms with Gasteiger partial charge in [0.05, 0.1) is 0 Å². The molecular weight excluding hydrogens is 284 g/mol. The number of allylic oxidation sites excluding steroid dienone is 2. The van der Waals surface area contributed by atoms with Crippen molar-refractivity contribution >= 4 is 10.0 Å². The van der Waals surface area contributed by atoms with Gasteiger partial charge in [0, 0.05) is 0 Å². The van der Waals surface area contributed by atoms with Crippen LogP contribution in [0.3, 0.4) is 0 Å². The second kappa shape index (κ2) is 13.3. The maximum absolute atomic E-state index is 4.06. The fourth-order valence-corrected chi connectivity index (χ4v) is 4.62. The first-order chi connectivity index (χ1) is 10.4. The van der Waals surface area contributed by atoms with Crippen LogP contribution < -0.4 is 0 Å². The van der Waals surface area contributed by atoms with Crippen LogP contribution in [0.25, 0.3) is 0 Å². The van der Waals surface area contributed by atoms with Crippen molar-refractivity contribution in [2.45, 2.75) is 85.0 Å². The molecule has 1 heteroatoms. The highest BCUT2D eigenvalue weighted by Crippen LogP contribution is 2.43. The van der Waals surface area contributed by atoms with E-state index in [9.17, 15) is 0 Å². The van der Waals surface area contributed by atoms with Crippen LogP contribution in [0.4, 0.5) is 0 Å². The van der Waals surface area contributed by atoms with E-state index in [1.165, 1.54) is 80.6 Å². The lowest BCUT2D eigenvalue weighted by Crippen LogP contribution is -2.08. The standard InChI is InChI=1S/C21H42S/c1-7-22(6,8-2)19-17-15-13-11-9-10-12-14-16-18-21(5)20(3)4/h3,5,7-19H2,1-2,4,6H3. The Morgan fingerprint density at radius 1 is 0.727 bits per heavy atom. The lowest BCUT2D eigenvalue weighted by molar-refractivity contribution is 0.565. The van der Waals surface area contributed by atoms with Crippen molar-refractivity contribution in [1.29, 1.82) is 0 Å². The number of hydrogen-bond donors (Lipinski definition) is 0. The molecule has 132 valence electrons. The molecule has 0 nitrogen and oxygen atoms in total.